The third-order valence-corrected chi connectivity index (χ3v) is 7.24. The summed E-state index contributed by atoms with van der Waals surface area (Å²) in [5, 5.41) is 5.17. The first-order valence-electron chi connectivity index (χ1n) is 10.7. The molecule has 2 amide bonds. The molecule has 1 fully saturated rings. The van der Waals surface area contributed by atoms with E-state index in [0.717, 1.165) is 0 Å². The molecule has 36 heavy (non-hydrogen) atoms. The van der Waals surface area contributed by atoms with Crippen LogP contribution in [-0.4, -0.2) is 137 Å². The van der Waals surface area contributed by atoms with Gasteiger partial charge in [0.2, 0.25) is 11.8 Å². The van der Waals surface area contributed by atoms with Gasteiger partial charge >= 0.3 is 23.9 Å². The number of amides is 2. The number of hydrogen-bond donors (Lipinski definition) is 2. The molecule has 0 aromatic heterocycles. The van der Waals surface area contributed by atoms with E-state index in [4.69, 9.17) is 9.47 Å². The molecule has 1 rings (SSSR count). The molecule has 2 N–H and O–H groups in total. The summed E-state index contributed by atoms with van der Waals surface area (Å²) in [5.74, 6) is -3.39. The van der Waals surface area contributed by atoms with Crippen molar-refractivity contribution in [1.82, 2.24) is 20.4 Å². The van der Waals surface area contributed by atoms with Gasteiger partial charge in [0, 0.05) is 24.6 Å². The zero-order valence-corrected chi connectivity index (χ0v) is 22.2. The number of nitrogens with zero attached hydrogens (tertiary/aromatic N) is 2. The highest BCUT2D eigenvalue weighted by Gasteiger charge is 2.27. The number of hydrogen-bond acceptors (Lipinski definition) is 14. The van der Waals surface area contributed by atoms with Crippen LogP contribution in [0.4, 0.5) is 0 Å². The van der Waals surface area contributed by atoms with Crippen LogP contribution in [-0.2, 0) is 47.7 Å². The second kappa shape index (κ2) is 17.0. The van der Waals surface area contributed by atoms with Crippen molar-refractivity contribution in [3.05, 3.63) is 0 Å². The Morgan fingerprint density at radius 1 is 0.722 bits per heavy atom. The first kappa shape index (κ1) is 31.5. The molecular weight excluding hydrogens is 520 g/mol. The SMILES string of the molecule is COC(=O)CN1CCN(CC(=O)OC)CC(=O)NC(C(=O)OC)CSSCC(C(=O)OC)NC(=O)C1. The highest BCUT2D eigenvalue weighted by Crippen LogP contribution is 2.23. The van der Waals surface area contributed by atoms with Crippen molar-refractivity contribution >= 4 is 57.3 Å². The smallest absolute Gasteiger partial charge is 0.329 e. The lowest BCUT2D eigenvalue weighted by Gasteiger charge is -2.27. The molecular formula is C20H32N4O10S2. The van der Waals surface area contributed by atoms with E-state index < -0.39 is 47.8 Å². The van der Waals surface area contributed by atoms with Crippen molar-refractivity contribution in [1.29, 1.82) is 0 Å². The average molecular weight is 553 g/mol. The van der Waals surface area contributed by atoms with Gasteiger partial charge in [0.05, 0.1) is 54.6 Å². The second-order valence-electron chi connectivity index (χ2n) is 7.43. The van der Waals surface area contributed by atoms with Crippen LogP contribution in [0.1, 0.15) is 0 Å². The number of nitrogens with one attached hydrogen (secondary N) is 2. The molecule has 1 aliphatic heterocycles. The highest BCUT2D eigenvalue weighted by atomic mass is 33.1. The van der Waals surface area contributed by atoms with E-state index in [-0.39, 0.29) is 50.8 Å². The Morgan fingerprint density at radius 2 is 1.08 bits per heavy atom. The van der Waals surface area contributed by atoms with Gasteiger partial charge in [-0.25, -0.2) is 9.59 Å². The zero-order valence-electron chi connectivity index (χ0n) is 20.6. The predicted octanol–water partition coefficient (Wildman–Crippen LogP) is -2.35. The van der Waals surface area contributed by atoms with Crippen molar-refractivity contribution in [3.63, 3.8) is 0 Å². The largest absolute Gasteiger partial charge is 0.468 e. The molecule has 0 aliphatic carbocycles. The lowest BCUT2D eigenvalue weighted by molar-refractivity contribution is -0.146. The lowest BCUT2D eigenvalue weighted by Crippen LogP contribution is -2.51. The third-order valence-electron chi connectivity index (χ3n) is 4.82. The molecule has 1 heterocycles. The molecule has 2 unspecified atom stereocenters. The molecule has 16 heteroatoms. The molecule has 1 saturated heterocycles. The van der Waals surface area contributed by atoms with Crippen LogP contribution in [0.25, 0.3) is 0 Å². The van der Waals surface area contributed by atoms with E-state index >= 15 is 0 Å². The molecule has 2 atom stereocenters. The van der Waals surface area contributed by atoms with Gasteiger partial charge in [-0.1, -0.05) is 21.6 Å². The van der Waals surface area contributed by atoms with Crippen molar-refractivity contribution in [2.45, 2.75) is 12.1 Å². The first-order valence-corrected chi connectivity index (χ1v) is 13.2. The maximum Gasteiger partial charge on any atom is 0.329 e. The fraction of sp³-hybridized carbons (Fsp3) is 0.700. The van der Waals surface area contributed by atoms with Crippen LogP contribution in [0.15, 0.2) is 0 Å². The molecule has 1 aliphatic rings. The van der Waals surface area contributed by atoms with Crippen LogP contribution >= 0.6 is 21.6 Å². The predicted molar refractivity (Wildman–Crippen MR) is 130 cm³/mol. The summed E-state index contributed by atoms with van der Waals surface area (Å²) in [6, 6.07) is -1.98. The van der Waals surface area contributed by atoms with Crippen molar-refractivity contribution in [2.24, 2.45) is 0 Å². The Bertz CT molecular complexity index is 736. The van der Waals surface area contributed by atoms with Crippen LogP contribution in [0.3, 0.4) is 0 Å². The fourth-order valence-electron chi connectivity index (χ4n) is 2.95. The van der Waals surface area contributed by atoms with Crippen LogP contribution in [0.5, 0.6) is 0 Å². The standard InChI is InChI=1S/C20H32N4O10S2/c1-31-17(27)9-23-5-6-24(10-18(28)32-2)8-16(26)22-14(20(30)34-4)12-36-35-11-13(19(29)33-3)21-15(25)7-23/h13-14H,5-12H2,1-4H3,(H,21,25)(H,22,26). The molecule has 0 spiro atoms. The Labute approximate surface area is 216 Å². The van der Waals surface area contributed by atoms with Gasteiger partial charge in [-0.15, -0.1) is 0 Å². The molecule has 0 aromatic rings. The van der Waals surface area contributed by atoms with E-state index in [2.05, 4.69) is 20.1 Å². The Kier molecular flexibility index (Phi) is 14.9. The Morgan fingerprint density at radius 3 is 1.39 bits per heavy atom. The van der Waals surface area contributed by atoms with Gasteiger partial charge in [0.25, 0.3) is 0 Å². The Hall–Kier alpha value is -2.56. The number of esters is 4. The van der Waals surface area contributed by atoms with Gasteiger partial charge in [0.1, 0.15) is 12.1 Å². The minimum atomic E-state index is -0.991. The second-order valence-corrected chi connectivity index (χ2v) is 9.98. The van der Waals surface area contributed by atoms with E-state index in [1.165, 1.54) is 59.8 Å². The summed E-state index contributed by atoms with van der Waals surface area (Å²) < 4.78 is 18.9. The average Bonchev–Trinajstić information content (AvgIpc) is 2.86. The van der Waals surface area contributed by atoms with Crippen LogP contribution < -0.4 is 10.6 Å². The topological polar surface area (TPSA) is 170 Å². The molecule has 204 valence electrons. The van der Waals surface area contributed by atoms with Crippen molar-refractivity contribution < 1.29 is 47.7 Å². The minimum absolute atomic E-state index is 0.0840. The summed E-state index contributed by atoms with van der Waals surface area (Å²) >= 11 is 0. The molecule has 0 radical (unpaired) electrons. The van der Waals surface area contributed by atoms with E-state index in [1.54, 1.807) is 0 Å². The lowest BCUT2D eigenvalue weighted by atomic mass is 10.3. The maximum absolute atomic E-state index is 12.7. The van der Waals surface area contributed by atoms with Gasteiger partial charge in [-0.05, 0) is 0 Å². The van der Waals surface area contributed by atoms with Gasteiger partial charge in [-0.2, -0.15) is 0 Å². The Balaban J connectivity index is 3.18. The minimum Gasteiger partial charge on any atom is -0.468 e. The maximum atomic E-state index is 12.7. The van der Waals surface area contributed by atoms with Crippen molar-refractivity contribution in [2.75, 3.05) is 79.2 Å². The number of carbonyl (C=O) groups excluding carboxylic acids is 6. The van der Waals surface area contributed by atoms with E-state index in [0.29, 0.717) is 0 Å². The number of methoxy groups -OCH3 is 4. The van der Waals surface area contributed by atoms with E-state index in [9.17, 15) is 28.8 Å². The number of carbonyl (C=O) groups is 6. The van der Waals surface area contributed by atoms with Gasteiger partial charge in [0.15, 0.2) is 0 Å². The quantitative estimate of drug-likeness (QED) is 0.204. The van der Waals surface area contributed by atoms with E-state index in [1.807, 2.05) is 0 Å². The van der Waals surface area contributed by atoms with Gasteiger partial charge < -0.3 is 29.6 Å². The van der Waals surface area contributed by atoms with Gasteiger partial charge in [-0.3, -0.25) is 29.0 Å². The molecule has 0 bridgehead atoms. The zero-order chi connectivity index (χ0) is 27.1. The van der Waals surface area contributed by atoms with Crippen LogP contribution in [0.2, 0.25) is 0 Å². The molecule has 0 aromatic carbocycles. The molecule has 0 saturated carbocycles. The van der Waals surface area contributed by atoms with Crippen molar-refractivity contribution in [3.8, 4) is 0 Å². The highest BCUT2D eigenvalue weighted by molar-refractivity contribution is 8.76. The number of ether oxygens (including phenoxy) is 4. The summed E-state index contributed by atoms with van der Waals surface area (Å²) in [4.78, 5) is 76.3. The number of rotatable bonds is 6. The summed E-state index contributed by atoms with van der Waals surface area (Å²) in [6.45, 7) is -0.853. The van der Waals surface area contributed by atoms with Crippen LogP contribution in [0, 0.1) is 0 Å². The first-order chi connectivity index (χ1) is 17.1. The summed E-state index contributed by atoms with van der Waals surface area (Å²) in [7, 11) is 7.15. The summed E-state index contributed by atoms with van der Waals surface area (Å²) in [6.07, 6.45) is 0. The normalized spacial score (nSPS) is 21.4. The molecule has 14 nitrogen and oxygen atoms in total. The fourth-order valence-corrected chi connectivity index (χ4v) is 5.24. The summed E-state index contributed by atoms with van der Waals surface area (Å²) in [5.41, 5.74) is 0. The monoisotopic (exact) mass is 552 g/mol. The third kappa shape index (κ3) is 11.9.